The van der Waals surface area contributed by atoms with Gasteiger partial charge >= 0.3 is 11.6 Å². The van der Waals surface area contributed by atoms with Crippen LogP contribution in [0.2, 0.25) is 0 Å². The molecule has 1 aromatic heterocycles. The normalized spacial score (nSPS) is 13.7. The van der Waals surface area contributed by atoms with Gasteiger partial charge in [-0.05, 0) is 54.7 Å². The van der Waals surface area contributed by atoms with Gasteiger partial charge in [0.05, 0.1) is 4.92 Å². The fourth-order valence-corrected chi connectivity index (χ4v) is 5.16. The van der Waals surface area contributed by atoms with Crippen molar-refractivity contribution in [1.29, 1.82) is 0 Å². The van der Waals surface area contributed by atoms with E-state index in [4.69, 9.17) is 9.15 Å². The summed E-state index contributed by atoms with van der Waals surface area (Å²) in [4.78, 5) is 62.4. The van der Waals surface area contributed by atoms with Crippen LogP contribution in [0.3, 0.4) is 0 Å². The van der Waals surface area contributed by atoms with E-state index in [0.717, 1.165) is 36.5 Å². The molecule has 2 aliphatic rings. The van der Waals surface area contributed by atoms with Crippen molar-refractivity contribution in [2.75, 3.05) is 0 Å². The highest BCUT2D eigenvalue weighted by molar-refractivity contribution is 6.30. The van der Waals surface area contributed by atoms with Gasteiger partial charge in [0, 0.05) is 33.7 Å². The lowest BCUT2D eigenvalue weighted by Crippen LogP contribution is -2.23. The maximum Gasteiger partial charge on any atom is 0.345 e. The number of nitro groups is 1. The molecule has 0 bridgehead atoms. The topological polar surface area (TPSA) is 134 Å². The smallest absolute Gasteiger partial charge is 0.345 e. The number of ether oxygens (including phenoxy) is 1. The van der Waals surface area contributed by atoms with E-state index in [1.807, 2.05) is 12.1 Å². The van der Waals surface area contributed by atoms with E-state index in [2.05, 4.69) is 0 Å². The summed E-state index contributed by atoms with van der Waals surface area (Å²) in [6.45, 7) is -0.344. The summed E-state index contributed by atoms with van der Waals surface area (Å²) in [6, 6.07) is 13.3. The molecule has 0 amide bonds. The number of benzene rings is 3. The zero-order valence-corrected chi connectivity index (χ0v) is 19.2. The lowest BCUT2D eigenvalue weighted by molar-refractivity contribution is -0.385. The van der Waals surface area contributed by atoms with Gasteiger partial charge in [0.15, 0.2) is 5.78 Å². The van der Waals surface area contributed by atoms with E-state index in [0.29, 0.717) is 16.5 Å². The standard InChI is InChI=1S/C28H17NO8/c30-23-12-16(21-10-14-4-3-5-15(14)11-22(21)37-23)13-36-28(33)20-9-8-19-24(25(20)29(34)35)27(32)18-7-2-1-6-17(18)26(19)31/h1-2,6-12H,3-5,13H2. The van der Waals surface area contributed by atoms with Crippen LogP contribution in [0.5, 0.6) is 0 Å². The number of carbonyl (C=O) groups excluding carboxylic acids is 3. The third-order valence-corrected chi connectivity index (χ3v) is 6.87. The number of aryl methyl sites for hydroxylation is 2. The van der Waals surface area contributed by atoms with Gasteiger partial charge in [-0.15, -0.1) is 0 Å². The molecular formula is C28H17NO8. The number of rotatable bonds is 4. The van der Waals surface area contributed by atoms with Gasteiger partial charge in [-0.1, -0.05) is 24.3 Å². The van der Waals surface area contributed by atoms with Gasteiger partial charge in [-0.2, -0.15) is 0 Å². The van der Waals surface area contributed by atoms with Crippen molar-refractivity contribution >= 4 is 34.2 Å². The predicted molar refractivity (Wildman–Crippen MR) is 130 cm³/mol. The highest BCUT2D eigenvalue weighted by atomic mass is 16.6. The molecule has 9 heteroatoms. The molecule has 37 heavy (non-hydrogen) atoms. The summed E-state index contributed by atoms with van der Waals surface area (Å²) in [5.74, 6) is -2.31. The van der Waals surface area contributed by atoms with E-state index in [1.54, 1.807) is 12.1 Å². The number of nitrogens with zero attached hydrogens (tertiary/aromatic N) is 1. The average molecular weight is 495 g/mol. The van der Waals surface area contributed by atoms with Crippen molar-refractivity contribution in [3.05, 3.63) is 120 Å². The van der Waals surface area contributed by atoms with Gasteiger partial charge < -0.3 is 9.15 Å². The van der Waals surface area contributed by atoms with Crippen molar-refractivity contribution in [2.45, 2.75) is 25.9 Å². The van der Waals surface area contributed by atoms with Crippen LogP contribution in [0, 0.1) is 10.1 Å². The summed E-state index contributed by atoms with van der Waals surface area (Å²) in [5.41, 5.74) is 0.739. The van der Waals surface area contributed by atoms with E-state index in [-0.39, 0.29) is 23.3 Å². The second-order valence-corrected chi connectivity index (χ2v) is 8.98. The number of ketones is 2. The molecule has 0 fully saturated rings. The minimum absolute atomic E-state index is 0.0311. The maximum absolute atomic E-state index is 13.2. The first-order valence-corrected chi connectivity index (χ1v) is 11.6. The lowest BCUT2D eigenvalue weighted by atomic mass is 9.82. The van der Waals surface area contributed by atoms with Crippen LogP contribution in [0.4, 0.5) is 5.69 Å². The third kappa shape index (κ3) is 3.55. The van der Waals surface area contributed by atoms with E-state index >= 15 is 0 Å². The molecule has 0 spiro atoms. The average Bonchev–Trinajstić information content (AvgIpc) is 3.35. The van der Waals surface area contributed by atoms with Crippen molar-refractivity contribution in [2.24, 2.45) is 0 Å². The molecule has 9 nitrogen and oxygen atoms in total. The molecule has 1 heterocycles. The Balaban J connectivity index is 1.38. The Morgan fingerprint density at radius 2 is 1.62 bits per heavy atom. The van der Waals surface area contributed by atoms with Gasteiger partial charge in [0.2, 0.25) is 5.78 Å². The number of carbonyl (C=O) groups is 3. The van der Waals surface area contributed by atoms with Crippen molar-refractivity contribution in [3.8, 4) is 0 Å². The molecule has 0 radical (unpaired) electrons. The first-order chi connectivity index (χ1) is 17.8. The maximum atomic E-state index is 13.2. The van der Waals surface area contributed by atoms with Crippen LogP contribution in [-0.2, 0) is 24.2 Å². The number of hydrogen-bond donors (Lipinski definition) is 0. The fourth-order valence-electron chi connectivity index (χ4n) is 5.16. The number of fused-ring (bicyclic) bond motifs is 4. The summed E-state index contributed by atoms with van der Waals surface area (Å²) in [5, 5.41) is 12.7. The minimum atomic E-state index is -1.06. The summed E-state index contributed by atoms with van der Waals surface area (Å²) >= 11 is 0. The molecule has 0 saturated carbocycles. The fraction of sp³-hybridized carbons (Fsp3) is 0.143. The van der Waals surface area contributed by atoms with Crippen LogP contribution < -0.4 is 5.63 Å². The Hall–Kier alpha value is -4.92. The molecule has 3 aromatic carbocycles. The SMILES string of the molecule is O=C1c2ccccc2C(=O)c2c1ccc(C(=O)OCc1cc(=O)oc3cc4c(cc13)CCC4)c2[N+](=O)[O-]. The van der Waals surface area contributed by atoms with Gasteiger partial charge in [0.1, 0.15) is 23.3 Å². The Morgan fingerprint density at radius 1 is 0.919 bits per heavy atom. The Morgan fingerprint density at radius 3 is 2.35 bits per heavy atom. The van der Waals surface area contributed by atoms with Crippen LogP contribution in [0.25, 0.3) is 11.0 Å². The largest absolute Gasteiger partial charge is 0.457 e. The Kier molecular flexibility index (Phi) is 5.08. The second-order valence-electron chi connectivity index (χ2n) is 8.98. The predicted octanol–water partition coefficient (Wildman–Crippen LogP) is 4.32. The lowest BCUT2D eigenvalue weighted by Gasteiger charge is -2.18. The number of esters is 1. The van der Waals surface area contributed by atoms with Crippen LogP contribution in [-0.4, -0.2) is 22.5 Å². The zero-order valence-electron chi connectivity index (χ0n) is 19.2. The molecule has 0 N–H and O–H groups in total. The van der Waals surface area contributed by atoms with Crippen molar-refractivity contribution < 1.29 is 28.5 Å². The van der Waals surface area contributed by atoms with Crippen molar-refractivity contribution in [1.82, 2.24) is 0 Å². The molecule has 0 atom stereocenters. The third-order valence-electron chi connectivity index (χ3n) is 6.87. The van der Waals surface area contributed by atoms with Gasteiger partial charge in [0.25, 0.3) is 5.69 Å². The van der Waals surface area contributed by atoms with E-state index < -0.39 is 44.9 Å². The molecular weight excluding hydrogens is 478 g/mol. The monoisotopic (exact) mass is 495 g/mol. The first kappa shape index (κ1) is 22.5. The molecule has 2 aliphatic carbocycles. The van der Waals surface area contributed by atoms with E-state index in [1.165, 1.54) is 24.3 Å². The molecule has 4 aromatic rings. The zero-order chi connectivity index (χ0) is 25.8. The quantitative estimate of drug-likeness (QED) is 0.156. The summed E-state index contributed by atoms with van der Waals surface area (Å²) in [7, 11) is 0. The van der Waals surface area contributed by atoms with Crippen LogP contribution in [0.15, 0.2) is 63.8 Å². The molecule has 182 valence electrons. The second kappa shape index (κ2) is 8.34. The number of nitro benzene ring substituents is 1. The van der Waals surface area contributed by atoms with Gasteiger partial charge in [-0.25, -0.2) is 9.59 Å². The Bertz CT molecular complexity index is 1760. The Labute approximate surface area is 208 Å². The minimum Gasteiger partial charge on any atom is -0.457 e. The summed E-state index contributed by atoms with van der Waals surface area (Å²) in [6.07, 6.45) is 2.77. The van der Waals surface area contributed by atoms with Crippen molar-refractivity contribution in [3.63, 3.8) is 0 Å². The number of hydrogen-bond acceptors (Lipinski definition) is 8. The molecule has 0 saturated heterocycles. The first-order valence-electron chi connectivity index (χ1n) is 11.6. The van der Waals surface area contributed by atoms with E-state index in [9.17, 15) is 29.3 Å². The molecule has 0 aliphatic heterocycles. The molecule has 0 unspecified atom stereocenters. The summed E-state index contributed by atoms with van der Waals surface area (Å²) < 4.78 is 10.7. The van der Waals surface area contributed by atoms with Crippen LogP contribution >= 0.6 is 0 Å². The highest BCUT2D eigenvalue weighted by Crippen LogP contribution is 2.36. The van der Waals surface area contributed by atoms with Gasteiger partial charge in [-0.3, -0.25) is 19.7 Å². The molecule has 6 rings (SSSR count). The van der Waals surface area contributed by atoms with Crippen LogP contribution in [0.1, 0.15) is 65.3 Å². The highest BCUT2D eigenvalue weighted by Gasteiger charge is 2.39.